The molecule has 1 aromatic heterocycles. The largest absolute Gasteiger partial charge is 0.493 e. The molecule has 2 aromatic carbocycles. The first-order chi connectivity index (χ1) is 14.0. The molecule has 1 N–H and O–H groups in total. The topological polar surface area (TPSA) is 51.5 Å². The molecule has 0 bridgehead atoms. The molecule has 0 spiro atoms. The van der Waals surface area contributed by atoms with E-state index < -0.39 is 0 Å². The summed E-state index contributed by atoms with van der Waals surface area (Å²) >= 11 is 12.6. The fourth-order valence-corrected chi connectivity index (χ4v) is 3.79. The van der Waals surface area contributed by atoms with Crippen molar-refractivity contribution in [2.75, 3.05) is 13.2 Å². The lowest BCUT2D eigenvalue weighted by Crippen LogP contribution is -2.36. The highest BCUT2D eigenvalue weighted by Crippen LogP contribution is 2.36. The van der Waals surface area contributed by atoms with Crippen molar-refractivity contribution in [3.63, 3.8) is 0 Å². The average molecular weight is 432 g/mol. The molecule has 3 aromatic rings. The van der Waals surface area contributed by atoms with Crippen molar-refractivity contribution in [2.24, 2.45) is 0 Å². The summed E-state index contributed by atoms with van der Waals surface area (Å²) in [5.41, 5.74) is 1.80. The van der Waals surface area contributed by atoms with Gasteiger partial charge >= 0.3 is 0 Å². The first-order valence-corrected chi connectivity index (χ1v) is 10.7. The number of aryl methyl sites for hydroxylation is 1. The predicted molar refractivity (Wildman–Crippen MR) is 118 cm³/mol. The van der Waals surface area contributed by atoms with Gasteiger partial charge in [0.25, 0.3) is 0 Å². The second-order valence-corrected chi connectivity index (χ2v) is 8.29. The van der Waals surface area contributed by atoms with Gasteiger partial charge in [-0.15, -0.1) is 0 Å². The second kappa shape index (κ2) is 8.78. The molecule has 0 atom stereocenters. The normalized spacial score (nSPS) is 14.2. The van der Waals surface area contributed by atoms with Crippen LogP contribution in [0, 0.1) is 6.92 Å². The van der Waals surface area contributed by atoms with Gasteiger partial charge in [-0.05, 0) is 62.6 Å². The number of benzene rings is 2. The Bertz CT molecular complexity index is 1090. The zero-order valence-corrected chi connectivity index (χ0v) is 17.8. The number of fused-ring (bicyclic) bond motifs is 1. The number of rotatable bonds is 7. The zero-order chi connectivity index (χ0) is 20.4. The van der Waals surface area contributed by atoms with Crippen molar-refractivity contribution in [1.29, 1.82) is 0 Å². The maximum atomic E-state index is 12.6. The fraction of sp³-hybridized carbons (Fsp3) is 0.348. The lowest BCUT2D eigenvalue weighted by Gasteiger charge is -2.26. The lowest BCUT2D eigenvalue weighted by atomic mass is 9.93. The molecule has 4 nitrogen and oxygen atoms in total. The summed E-state index contributed by atoms with van der Waals surface area (Å²) < 4.78 is 12.0. The third-order valence-corrected chi connectivity index (χ3v) is 6.05. The van der Waals surface area contributed by atoms with Crippen molar-refractivity contribution in [3.05, 3.63) is 62.2 Å². The number of hydrogen-bond donors (Lipinski definition) is 1. The molecule has 0 aliphatic heterocycles. The quantitative estimate of drug-likeness (QED) is 0.467. The highest BCUT2D eigenvalue weighted by atomic mass is 35.5. The van der Waals surface area contributed by atoms with Crippen LogP contribution in [0.15, 0.2) is 45.6 Å². The summed E-state index contributed by atoms with van der Waals surface area (Å²) in [6.45, 7) is 3.37. The van der Waals surface area contributed by atoms with E-state index in [1.165, 1.54) is 25.3 Å². The third kappa shape index (κ3) is 4.45. The second-order valence-electron chi connectivity index (χ2n) is 7.47. The van der Waals surface area contributed by atoms with Gasteiger partial charge in [-0.3, -0.25) is 4.79 Å². The van der Waals surface area contributed by atoms with Gasteiger partial charge in [0, 0.05) is 17.1 Å². The summed E-state index contributed by atoms with van der Waals surface area (Å²) in [6, 6.07) is 10.9. The minimum Gasteiger partial charge on any atom is -0.493 e. The van der Waals surface area contributed by atoms with Crippen LogP contribution < -0.4 is 15.5 Å². The van der Waals surface area contributed by atoms with E-state index in [4.69, 9.17) is 32.4 Å². The summed E-state index contributed by atoms with van der Waals surface area (Å²) in [7, 11) is 0. The lowest BCUT2D eigenvalue weighted by molar-refractivity contribution is 0.288. The first-order valence-electron chi connectivity index (χ1n) is 9.92. The van der Waals surface area contributed by atoms with Gasteiger partial charge in [0.15, 0.2) is 11.0 Å². The van der Waals surface area contributed by atoms with E-state index in [1.54, 1.807) is 24.3 Å². The number of ether oxygens (including phenoxy) is 1. The van der Waals surface area contributed by atoms with Gasteiger partial charge in [-0.2, -0.15) is 0 Å². The molecule has 0 radical (unpaired) electrons. The van der Waals surface area contributed by atoms with E-state index in [-0.39, 0.29) is 5.43 Å². The molecule has 29 heavy (non-hydrogen) atoms. The minimum absolute atomic E-state index is 0.146. The van der Waals surface area contributed by atoms with Gasteiger partial charge in [-0.1, -0.05) is 35.7 Å². The van der Waals surface area contributed by atoms with Crippen LogP contribution in [0.5, 0.6) is 5.75 Å². The SMILES string of the molecule is Cc1cc(-c2cc(=O)c3cccc(Cl)c3o2)c(OCCCNC2CCC2)cc1Cl. The summed E-state index contributed by atoms with van der Waals surface area (Å²) in [6.07, 6.45) is 4.74. The van der Waals surface area contributed by atoms with E-state index in [0.29, 0.717) is 50.7 Å². The highest BCUT2D eigenvalue weighted by Gasteiger charge is 2.17. The molecule has 6 heteroatoms. The molecule has 152 valence electrons. The van der Waals surface area contributed by atoms with Crippen LogP contribution >= 0.6 is 23.2 Å². The molecule has 1 heterocycles. The summed E-state index contributed by atoms with van der Waals surface area (Å²) in [4.78, 5) is 12.6. The molecule has 4 rings (SSSR count). The van der Waals surface area contributed by atoms with Crippen LogP contribution in [0.3, 0.4) is 0 Å². The van der Waals surface area contributed by atoms with Crippen LogP contribution in [0.25, 0.3) is 22.3 Å². The predicted octanol–water partition coefficient (Wildman–Crippen LogP) is 5.99. The van der Waals surface area contributed by atoms with Crippen molar-refractivity contribution in [1.82, 2.24) is 5.32 Å². The smallest absolute Gasteiger partial charge is 0.193 e. The number of para-hydroxylation sites is 1. The van der Waals surface area contributed by atoms with Crippen molar-refractivity contribution < 1.29 is 9.15 Å². The van der Waals surface area contributed by atoms with Gasteiger partial charge in [-0.25, -0.2) is 0 Å². The first kappa shape index (κ1) is 20.3. The van der Waals surface area contributed by atoms with Gasteiger partial charge < -0.3 is 14.5 Å². The monoisotopic (exact) mass is 431 g/mol. The van der Waals surface area contributed by atoms with Crippen LogP contribution in [0.1, 0.15) is 31.2 Å². The average Bonchev–Trinajstić information content (AvgIpc) is 2.66. The van der Waals surface area contributed by atoms with Gasteiger partial charge in [0.2, 0.25) is 0 Å². The fourth-order valence-electron chi connectivity index (χ4n) is 3.42. The van der Waals surface area contributed by atoms with E-state index in [9.17, 15) is 4.79 Å². The van der Waals surface area contributed by atoms with Crippen LogP contribution in [-0.2, 0) is 0 Å². The van der Waals surface area contributed by atoms with Crippen molar-refractivity contribution >= 4 is 34.2 Å². The van der Waals surface area contributed by atoms with Crippen molar-refractivity contribution in [3.8, 4) is 17.1 Å². The third-order valence-electron chi connectivity index (χ3n) is 5.35. The molecule has 1 fully saturated rings. The van der Waals surface area contributed by atoms with E-state index >= 15 is 0 Å². The Labute approximate surface area is 179 Å². The Hall–Kier alpha value is -2.01. The summed E-state index contributed by atoms with van der Waals surface area (Å²) in [5, 5.41) is 4.99. The molecule has 0 amide bonds. The Morgan fingerprint density at radius 2 is 2.00 bits per heavy atom. The summed E-state index contributed by atoms with van der Waals surface area (Å²) in [5.74, 6) is 1.01. The Balaban J connectivity index is 1.60. The molecule has 1 aliphatic carbocycles. The molecule has 1 saturated carbocycles. The van der Waals surface area contributed by atoms with Crippen molar-refractivity contribution in [2.45, 2.75) is 38.6 Å². The maximum Gasteiger partial charge on any atom is 0.193 e. The maximum absolute atomic E-state index is 12.6. The number of halogens is 2. The highest BCUT2D eigenvalue weighted by molar-refractivity contribution is 6.34. The Morgan fingerprint density at radius 3 is 2.76 bits per heavy atom. The van der Waals surface area contributed by atoms with Crippen LogP contribution in [0.2, 0.25) is 10.0 Å². The van der Waals surface area contributed by atoms with Gasteiger partial charge in [0.1, 0.15) is 11.5 Å². The molecule has 1 aliphatic rings. The molecule has 0 saturated heterocycles. The van der Waals surface area contributed by atoms with E-state index in [2.05, 4.69) is 5.32 Å². The molecular weight excluding hydrogens is 409 g/mol. The zero-order valence-electron chi connectivity index (χ0n) is 16.3. The van der Waals surface area contributed by atoms with E-state index in [1.807, 2.05) is 13.0 Å². The standard InChI is InChI=1S/C23H23Cl2NO3/c1-14-11-17(22-13-20(27)16-7-3-8-18(24)23(16)29-22)21(12-19(14)25)28-10-4-9-26-15-5-2-6-15/h3,7-8,11-13,15,26H,2,4-6,9-10H2,1H3. The van der Waals surface area contributed by atoms with Gasteiger partial charge in [0.05, 0.1) is 22.6 Å². The molecular formula is C23H23Cl2NO3. The Kier molecular flexibility index (Phi) is 6.14. The van der Waals surface area contributed by atoms with Crippen LogP contribution in [0.4, 0.5) is 0 Å². The number of hydrogen-bond acceptors (Lipinski definition) is 4. The Morgan fingerprint density at radius 1 is 1.17 bits per heavy atom. The van der Waals surface area contributed by atoms with Crippen LogP contribution in [-0.4, -0.2) is 19.2 Å². The van der Waals surface area contributed by atoms with E-state index in [0.717, 1.165) is 18.5 Å². The number of nitrogens with one attached hydrogen (secondary N) is 1. The molecule has 0 unspecified atom stereocenters. The minimum atomic E-state index is -0.146.